The standard InChI is InChI=1S/C7H15.Co.O/c1-3-5-7-6-4-2;;/h1,3-7H2,2H3;;/q-1;;. The van der Waals surface area contributed by atoms with Gasteiger partial charge in [0.2, 0.25) is 0 Å². The fourth-order valence-electron chi connectivity index (χ4n) is 0.604. The van der Waals surface area contributed by atoms with E-state index in [1.165, 1.54) is 25.7 Å². The van der Waals surface area contributed by atoms with Crippen LogP contribution in [0.5, 0.6) is 0 Å². The molecule has 2 heteroatoms. The molecule has 0 aliphatic heterocycles. The van der Waals surface area contributed by atoms with Crippen LogP contribution in [-0.4, -0.2) is 0 Å². The number of hydrogen-bond acceptors (Lipinski definition) is 1. The summed E-state index contributed by atoms with van der Waals surface area (Å²) >= 11 is 2.31. The molecule has 0 unspecified atom stereocenters. The van der Waals surface area contributed by atoms with Gasteiger partial charge in [-0.1, -0.05) is 32.6 Å². The summed E-state index contributed by atoms with van der Waals surface area (Å²) < 4.78 is 7.94. The van der Waals surface area contributed by atoms with E-state index in [2.05, 4.69) is 29.5 Å². The normalized spacial score (nSPS) is 7.89. The Balaban J connectivity index is 0. The number of unbranched alkanes of at least 4 members (excludes halogenated alkanes) is 4. The topological polar surface area (TPSA) is 17.1 Å². The second-order valence-corrected chi connectivity index (χ2v) is 1.91. The van der Waals surface area contributed by atoms with Gasteiger partial charge in [-0.15, -0.1) is 0 Å². The summed E-state index contributed by atoms with van der Waals surface area (Å²) in [7, 11) is 0. The Labute approximate surface area is 66.0 Å². The molecule has 0 fully saturated rings. The van der Waals surface area contributed by atoms with Crippen LogP contribution in [0.15, 0.2) is 0 Å². The maximum absolute atomic E-state index is 7.94. The minimum absolute atomic E-state index is 1.11. The zero-order chi connectivity index (χ0) is 7.54. The van der Waals surface area contributed by atoms with Gasteiger partial charge in [-0.3, -0.25) is 0 Å². The second-order valence-electron chi connectivity index (χ2n) is 1.91. The molecule has 9 heavy (non-hydrogen) atoms. The van der Waals surface area contributed by atoms with E-state index in [1.54, 1.807) is 0 Å². The quantitative estimate of drug-likeness (QED) is 0.473. The van der Waals surface area contributed by atoms with E-state index in [9.17, 15) is 0 Å². The molecule has 0 spiro atoms. The molecule has 0 saturated heterocycles. The van der Waals surface area contributed by atoms with E-state index >= 15 is 0 Å². The van der Waals surface area contributed by atoms with Gasteiger partial charge in [0.1, 0.15) is 0 Å². The predicted octanol–water partition coefficient (Wildman–Crippen LogP) is 2.67. The third kappa shape index (κ3) is 17.8. The molecule has 0 N–H and O–H groups in total. The monoisotopic (exact) mass is 174 g/mol. The Bertz CT molecular complexity index is 35.9. The van der Waals surface area contributed by atoms with Gasteiger partial charge in [0, 0.05) is 0 Å². The van der Waals surface area contributed by atoms with Gasteiger partial charge in [0.15, 0.2) is 0 Å². The van der Waals surface area contributed by atoms with E-state index in [-0.39, 0.29) is 0 Å². The van der Waals surface area contributed by atoms with Gasteiger partial charge in [-0.05, 0) is 0 Å². The summed E-state index contributed by atoms with van der Waals surface area (Å²) in [4.78, 5) is 0. The van der Waals surface area contributed by atoms with Crippen molar-refractivity contribution in [2.45, 2.75) is 39.0 Å². The van der Waals surface area contributed by atoms with Crippen molar-refractivity contribution < 1.29 is 19.5 Å². The summed E-state index contributed by atoms with van der Waals surface area (Å²) in [6, 6.07) is 0. The molecule has 0 aliphatic rings. The first-order valence-corrected chi connectivity index (χ1v) is 3.77. The van der Waals surface area contributed by atoms with Crippen LogP contribution < -0.4 is 0 Å². The molecule has 0 bridgehead atoms. The van der Waals surface area contributed by atoms with E-state index in [4.69, 9.17) is 3.87 Å². The number of hydrogen-bond donors (Lipinski definition) is 0. The Morgan fingerprint density at radius 3 is 2.11 bits per heavy atom. The summed E-state index contributed by atoms with van der Waals surface area (Å²) in [5.74, 6) is 0. The van der Waals surface area contributed by atoms with Gasteiger partial charge >= 0.3 is 19.5 Å². The molecular weight excluding hydrogens is 159 g/mol. The third-order valence-corrected chi connectivity index (χ3v) is 1.10. The Hall–Kier alpha value is 0.306. The molecule has 0 rings (SSSR count). The second kappa shape index (κ2) is 15.7. The van der Waals surface area contributed by atoms with Crippen molar-refractivity contribution in [1.29, 1.82) is 0 Å². The first-order chi connectivity index (χ1) is 4.41. The van der Waals surface area contributed by atoms with Crippen LogP contribution in [0.4, 0.5) is 0 Å². The van der Waals surface area contributed by atoms with Crippen LogP contribution in [-0.2, 0) is 19.5 Å². The molecule has 0 aromatic heterocycles. The maximum atomic E-state index is 7.94. The summed E-state index contributed by atoms with van der Waals surface area (Å²) in [5, 5.41) is 0. The Morgan fingerprint density at radius 2 is 1.78 bits per heavy atom. The number of rotatable bonds is 4. The summed E-state index contributed by atoms with van der Waals surface area (Å²) in [5.41, 5.74) is 0. The first kappa shape index (κ1) is 12.0. The fourth-order valence-corrected chi connectivity index (χ4v) is 0.604. The van der Waals surface area contributed by atoms with Gasteiger partial charge in [0.25, 0.3) is 0 Å². The summed E-state index contributed by atoms with van der Waals surface area (Å²) in [6.45, 7) is 5.98. The average molecular weight is 174 g/mol. The molecule has 0 aliphatic carbocycles. The van der Waals surface area contributed by atoms with E-state index in [0.717, 1.165) is 6.42 Å². The van der Waals surface area contributed by atoms with Gasteiger partial charge in [-0.25, -0.2) is 0 Å². The van der Waals surface area contributed by atoms with Crippen LogP contribution >= 0.6 is 0 Å². The van der Waals surface area contributed by atoms with Crippen molar-refractivity contribution in [3.05, 3.63) is 6.92 Å². The summed E-state index contributed by atoms with van der Waals surface area (Å²) in [6.07, 6.45) is 6.52. The van der Waals surface area contributed by atoms with E-state index in [0.29, 0.717) is 0 Å². The van der Waals surface area contributed by atoms with Crippen LogP contribution in [0.3, 0.4) is 0 Å². The predicted molar refractivity (Wildman–Crippen MR) is 34.8 cm³/mol. The van der Waals surface area contributed by atoms with E-state index in [1.807, 2.05) is 0 Å². The molecule has 0 aromatic carbocycles. The Morgan fingerprint density at radius 1 is 1.22 bits per heavy atom. The molecule has 0 aromatic rings. The molecule has 0 atom stereocenters. The zero-order valence-corrected chi connectivity index (χ0v) is 7.03. The van der Waals surface area contributed by atoms with Crippen LogP contribution in [0.2, 0.25) is 0 Å². The first-order valence-electron chi connectivity index (χ1n) is 3.34. The Kier molecular flexibility index (Phi) is 21.0. The van der Waals surface area contributed by atoms with E-state index < -0.39 is 0 Å². The van der Waals surface area contributed by atoms with Crippen molar-refractivity contribution in [1.82, 2.24) is 0 Å². The third-order valence-electron chi connectivity index (χ3n) is 1.10. The molecule has 0 heterocycles. The van der Waals surface area contributed by atoms with Crippen LogP contribution in [0.1, 0.15) is 39.0 Å². The van der Waals surface area contributed by atoms with Crippen molar-refractivity contribution in [3.8, 4) is 0 Å². The van der Waals surface area contributed by atoms with Crippen molar-refractivity contribution in [3.63, 3.8) is 0 Å². The molecule has 1 nitrogen and oxygen atoms in total. The zero-order valence-electron chi connectivity index (χ0n) is 5.98. The SMILES string of the molecule is [CH2-]CCCCCC.[O]=[Co]. The van der Waals surface area contributed by atoms with Crippen molar-refractivity contribution >= 4 is 0 Å². The molecule has 0 amide bonds. The molecule has 0 saturated carbocycles. The van der Waals surface area contributed by atoms with Gasteiger partial charge in [0.05, 0.1) is 0 Å². The molecule has 0 radical (unpaired) electrons. The van der Waals surface area contributed by atoms with Gasteiger partial charge < -0.3 is 6.92 Å². The van der Waals surface area contributed by atoms with Crippen LogP contribution in [0.25, 0.3) is 0 Å². The molecule has 59 valence electrons. The van der Waals surface area contributed by atoms with Crippen molar-refractivity contribution in [2.75, 3.05) is 0 Å². The average Bonchev–Trinajstić information content (AvgIpc) is 1.94. The van der Waals surface area contributed by atoms with Gasteiger partial charge in [-0.2, -0.15) is 6.42 Å². The minimum atomic E-state index is 1.11. The fraction of sp³-hybridized carbons (Fsp3) is 0.857. The molecular formula is C7H15CoO-. The van der Waals surface area contributed by atoms with Crippen molar-refractivity contribution in [2.24, 2.45) is 0 Å². The van der Waals surface area contributed by atoms with Crippen LogP contribution in [0, 0.1) is 6.92 Å².